The molecule has 1 aliphatic rings. The first-order valence-corrected chi connectivity index (χ1v) is 10.9. The van der Waals surface area contributed by atoms with Gasteiger partial charge in [0.15, 0.2) is 6.61 Å². The monoisotopic (exact) mass is 420 g/mol. The summed E-state index contributed by atoms with van der Waals surface area (Å²) in [5.41, 5.74) is 2.90. The molecule has 1 N–H and O–H groups in total. The third-order valence-electron chi connectivity index (χ3n) is 5.18. The van der Waals surface area contributed by atoms with E-state index in [0.717, 1.165) is 10.4 Å². The summed E-state index contributed by atoms with van der Waals surface area (Å²) >= 11 is 1.60. The van der Waals surface area contributed by atoms with E-state index in [2.05, 4.69) is 43.4 Å². The first kappa shape index (κ1) is 20.2. The summed E-state index contributed by atoms with van der Waals surface area (Å²) in [6, 6.07) is 19.3. The fourth-order valence-electron chi connectivity index (χ4n) is 3.53. The number of carbonyl (C=O) groups is 2. The van der Waals surface area contributed by atoms with E-state index in [4.69, 9.17) is 4.74 Å². The van der Waals surface area contributed by atoms with Gasteiger partial charge in [-0.3, -0.25) is 14.5 Å². The van der Waals surface area contributed by atoms with Gasteiger partial charge in [0.1, 0.15) is 12.3 Å². The normalized spacial score (nSPS) is 14.2. The van der Waals surface area contributed by atoms with Crippen LogP contribution < -0.4 is 15.0 Å². The Bertz CT molecular complexity index is 1030. The van der Waals surface area contributed by atoms with Gasteiger partial charge >= 0.3 is 0 Å². The number of para-hydroxylation sites is 2. The quantitative estimate of drug-likeness (QED) is 0.639. The van der Waals surface area contributed by atoms with E-state index in [0.29, 0.717) is 17.4 Å². The minimum Gasteiger partial charge on any atom is -0.482 e. The van der Waals surface area contributed by atoms with E-state index in [1.54, 1.807) is 23.5 Å². The molecule has 1 aromatic heterocycles. The predicted molar refractivity (Wildman–Crippen MR) is 119 cm³/mol. The number of benzene rings is 2. The lowest BCUT2D eigenvalue weighted by atomic mass is 9.98. The van der Waals surface area contributed by atoms with E-state index >= 15 is 0 Å². The molecule has 2 amide bonds. The molecule has 0 aliphatic carbocycles. The van der Waals surface area contributed by atoms with Crippen molar-refractivity contribution in [3.8, 4) is 5.75 Å². The maximum atomic E-state index is 13.0. The molecule has 0 unspecified atom stereocenters. The number of carbonyl (C=O) groups excluding carboxylic acids is 2. The van der Waals surface area contributed by atoms with Gasteiger partial charge in [-0.05, 0) is 40.6 Å². The third-order valence-corrected chi connectivity index (χ3v) is 6.12. The maximum Gasteiger partial charge on any atom is 0.265 e. The van der Waals surface area contributed by atoms with Crippen LogP contribution in [-0.4, -0.2) is 25.0 Å². The van der Waals surface area contributed by atoms with Gasteiger partial charge in [0.2, 0.25) is 5.91 Å². The van der Waals surface area contributed by atoms with Crippen LogP contribution >= 0.6 is 11.3 Å². The molecule has 2 heterocycles. The number of hydrogen-bond acceptors (Lipinski definition) is 4. The lowest BCUT2D eigenvalue weighted by Crippen LogP contribution is -2.45. The van der Waals surface area contributed by atoms with Crippen molar-refractivity contribution < 1.29 is 14.3 Å². The summed E-state index contributed by atoms with van der Waals surface area (Å²) in [4.78, 5) is 27.9. The van der Waals surface area contributed by atoms with E-state index in [1.165, 1.54) is 10.5 Å². The van der Waals surface area contributed by atoms with Crippen molar-refractivity contribution in [1.82, 2.24) is 5.32 Å². The number of ether oxygens (including phenoxy) is 1. The van der Waals surface area contributed by atoms with Gasteiger partial charge in [0, 0.05) is 4.88 Å². The van der Waals surface area contributed by atoms with Crippen molar-refractivity contribution in [2.75, 3.05) is 18.1 Å². The van der Waals surface area contributed by atoms with Crippen LogP contribution in [0, 0.1) is 0 Å². The van der Waals surface area contributed by atoms with Crippen molar-refractivity contribution in [2.24, 2.45) is 0 Å². The second kappa shape index (κ2) is 8.71. The maximum absolute atomic E-state index is 13.0. The fourth-order valence-corrected chi connectivity index (χ4v) is 4.33. The smallest absolute Gasteiger partial charge is 0.265 e. The number of fused-ring (bicyclic) bond motifs is 1. The average molecular weight is 421 g/mol. The molecule has 6 heteroatoms. The van der Waals surface area contributed by atoms with Crippen LogP contribution in [0.3, 0.4) is 0 Å². The number of anilines is 1. The van der Waals surface area contributed by atoms with Crippen LogP contribution in [0.1, 0.15) is 41.8 Å². The Hall–Kier alpha value is -3.12. The Morgan fingerprint density at radius 2 is 1.80 bits per heavy atom. The standard InChI is InChI=1S/C24H24N2O3S/c1-16(2)17-9-11-18(12-10-17)24(21-8-5-13-30-21)25-22(27)14-26-19-6-3-4-7-20(19)29-15-23(26)28/h3-13,16,24H,14-15H2,1-2H3,(H,25,27)/t24-/m0/s1. The first-order chi connectivity index (χ1) is 14.5. The molecule has 2 aromatic carbocycles. The number of thiophene rings is 1. The molecule has 0 saturated heterocycles. The predicted octanol–water partition coefficient (Wildman–Crippen LogP) is 4.50. The number of hydrogen-bond donors (Lipinski definition) is 1. The lowest BCUT2D eigenvalue weighted by molar-refractivity contribution is -0.125. The van der Waals surface area contributed by atoms with Gasteiger partial charge in [0.25, 0.3) is 5.91 Å². The average Bonchev–Trinajstić information content (AvgIpc) is 3.29. The summed E-state index contributed by atoms with van der Waals surface area (Å²) < 4.78 is 5.47. The van der Waals surface area contributed by atoms with E-state index < -0.39 is 0 Å². The number of rotatable bonds is 6. The second-order valence-corrected chi connectivity index (χ2v) is 8.55. The highest BCUT2D eigenvalue weighted by molar-refractivity contribution is 7.10. The molecule has 3 aromatic rings. The second-order valence-electron chi connectivity index (χ2n) is 7.57. The summed E-state index contributed by atoms with van der Waals surface area (Å²) in [5.74, 6) is 0.620. The highest BCUT2D eigenvalue weighted by Gasteiger charge is 2.28. The number of nitrogens with one attached hydrogen (secondary N) is 1. The molecular weight excluding hydrogens is 396 g/mol. The van der Waals surface area contributed by atoms with Crippen molar-refractivity contribution in [3.05, 3.63) is 82.0 Å². The largest absolute Gasteiger partial charge is 0.482 e. The van der Waals surface area contributed by atoms with Gasteiger partial charge in [-0.1, -0.05) is 56.3 Å². The minimum atomic E-state index is -0.259. The molecule has 1 atom stereocenters. The van der Waals surface area contributed by atoms with Crippen molar-refractivity contribution in [3.63, 3.8) is 0 Å². The van der Waals surface area contributed by atoms with Crippen LogP contribution in [0.15, 0.2) is 66.0 Å². The molecular formula is C24H24N2O3S. The topological polar surface area (TPSA) is 58.6 Å². The Balaban J connectivity index is 1.55. The van der Waals surface area contributed by atoms with Crippen molar-refractivity contribution >= 4 is 28.8 Å². The van der Waals surface area contributed by atoms with Crippen LogP contribution in [0.5, 0.6) is 5.75 Å². The molecule has 0 radical (unpaired) electrons. The van der Waals surface area contributed by atoms with Crippen molar-refractivity contribution in [2.45, 2.75) is 25.8 Å². The Kier molecular flexibility index (Phi) is 5.86. The lowest BCUT2D eigenvalue weighted by Gasteiger charge is -2.29. The molecule has 1 aliphatic heterocycles. The molecule has 4 rings (SSSR count). The molecule has 5 nitrogen and oxygen atoms in total. The number of amides is 2. The highest BCUT2D eigenvalue weighted by atomic mass is 32.1. The minimum absolute atomic E-state index is 0.0504. The van der Waals surface area contributed by atoms with Crippen molar-refractivity contribution in [1.29, 1.82) is 0 Å². The fraction of sp³-hybridized carbons (Fsp3) is 0.250. The Morgan fingerprint density at radius 3 is 2.50 bits per heavy atom. The Morgan fingerprint density at radius 1 is 1.07 bits per heavy atom. The molecule has 30 heavy (non-hydrogen) atoms. The van der Waals surface area contributed by atoms with Gasteiger partial charge in [-0.2, -0.15) is 0 Å². The SMILES string of the molecule is CC(C)c1ccc([C@H](NC(=O)CN2C(=O)COc3ccccc32)c2cccs2)cc1. The van der Waals surface area contributed by atoms with Crippen LogP contribution in [0.2, 0.25) is 0 Å². The van der Waals surface area contributed by atoms with E-state index in [9.17, 15) is 9.59 Å². The highest BCUT2D eigenvalue weighted by Crippen LogP contribution is 2.32. The van der Waals surface area contributed by atoms with Crippen LogP contribution in [0.25, 0.3) is 0 Å². The van der Waals surface area contributed by atoms with Crippen LogP contribution in [0.4, 0.5) is 5.69 Å². The molecule has 0 spiro atoms. The molecule has 0 bridgehead atoms. The summed E-state index contributed by atoms with van der Waals surface area (Å²) in [6.45, 7) is 4.20. The van der Waals surface area contributed by atoms with Gasteiger partial charge in [0.05, 0.1) is 11.7 Å². The summed E-state index contributed by atoms with van der Waals surface area (Å²) in [6.07, 6.45) is 0. The first-order valence-electron chi connectivity index (χ1n) is 9.97. The summed E-state index contributed by atoms with van der Waals surface area (Å²) in [7, 11) is 0. The molecule has 154 valence electrons. The van der Waals surface area contributed by atoms with E-state index in [-0.39, 0.29) is 31.0 Å². The summed E-state index contributed by atoms with van der Waals surface area (Å²) in [5, 5.41) is 5.12. The van der Waals surface area contributed by atoms with Gasteiger partial charge < -0.3 is 10.1 Å². The van der Waals surface area contributed by atoms with E-state index in [1.807, 2.05) is 29.6 Å². The van der Waals surface area contributed by atoms with Crippen LogP contribution in [-0.2, 0) is 9.59 Å². The zero-order chi connectivity index (χ0) is 21.1. The number of nitrogens with zero attached hydrogens (tertiary/aromatic N) is 1. The molecule has 0 saturated carbocycles. The molecule has 0 fully saturated rings. The zero-order valence-corrected chi connectivity index (χ0v) is 17.8. The van der Waals surface area contributed by atoms with Gasteiger partial charge in [-0.15, -0.1) is 11.3 Å². The third kappa shape index (κ3) is 4.24. The zero-order valence-electron chi connectivity index (χ0n) is 17.0. The Labute approximate surface area is 180 Å². The van der Waals surface area contributed by atoms with Gasteiger partial charge in [-0.25, -0.2) is 0 Å².